The monoisotopic (exact) mass is 300 g/mol. The van der Waals surface area contributed by atoms with Crippen LogP contribution in [0.15, 0.2) is 6.20 Å². The minimum Gasteiger partial charge on any atom is -0.311 e. The van der Waals surface area contributed by atoms with E-state index in [-0.39, 0.29) is 11.8 Å². The lowest BCUT2D eigenvalue weighted by molar-refractivity contribution is -0.120. The number of piperidine rings is 1. The van der Waals surface area contributed by atoms with Crippen LogP contribution >= 0.6 is 0 Å². The minimum absolute atomic E-state index is 0.0721. The molecule has 0 spiro atoms. The van der Waals surface area contributed by atoms with E-state index in [0.29, 0.717) is 31.7 Å². The number of amides is 1. The molecular formula is C12H20N4O3S. The standard InChI is InChI=1S/C12H20N4O3S/c1-3-9-8-13-15-11(9)14-12(17)10-4-6-16(7-5-10)20(2,18)19/h8,10H,3-7H2,1-2H3,(H2,13,14,15,17). The summed E-state index contributed by atoms with van der Waals surface area (Å²) in [7, 11) is -3.15. The second-order valence-corrected chi connectivity index (χ2v) is 7.03. The molecule has 2 rings (SSSR count). The van der Waals surface area contributed by atoms with Crippen LogP contribution in [0.3, 0.4) is 0 Å². The zero-order valence-electron chi connectivity index (χ0n) is 11.7. The quantitative estimate of drug-likeness (QED) is 0.850. The zero-order chi connectivity index (χ0) is 14.8. The predicted octanol–water partition coefficient (Wildman–Crippen LogP) is 0.582. The van der Waals surface area contributed by atoms with Gasteiger partial charge in [0.15, 0.2) is 0 Å². The van der Waals surface area contributed by atoms with Gasteiger partial charge in [0.25, 0.3) is 0 Å². The Labute approximate surface area is 118 Å². The molecule has 1 aromatic heterocycles. The van der Waals surface area contributed by atoms with E-state index < -0.39 is 10.0 Å². The summed E-state index contributed by atoms with van der Waals surface area (Å²) in [5.41, 5.74) is 0.965. The van der Waals surface area contributed by atoms with Crippen LogP contribution in [0.1, 0.15) is 25.3 Å². The SMILES string of the molecule is CCc1cn[nH]c1NC(=O)C1CCN(S(C)(=O)=O)CC1. The molecule has 1 aliphatic heterocycles. The fraction of sp³-hybridized carbons (Fsp3) is 0.667. The van der Waals surface area contributed by atoms with Gasteiger partial charge >= 0.3 is 0 Å². The lowest BCUT2D eigenvalue weighted by Crippen LogP contribution is -2.41. The van der Waals surface area contributed by atoms with E-state index in [4.69, 9.17) is 0 Å². The molecule has 1 fully saturated rings. The van der Waals surface area contributed by atoms with Gasteiger partial charge in [0, 0.05) is 24.6 Å². The van der Waals surface area contributed by atoms with Crippen molar-refractivity contribution in [1.82, 2.24) is 14.5 Å². The molecule has 7 nitrogen and oxygen atoms in total. The van der Waals surface area contributed by atoms with Crippen LogP contribution in [-0.2, 0) is 21.2 Å². The summed E-state index contributed by atoms with van der Waals surface area (Å²) in [6.07, 6.45) is 4.79. The summed E-state index contributed by atoms with van der Waals surface area (Å²) in [4.78, 5) is 12.2. The van der Waals surface area contributed by atoms with E-state index in [2.05, 4.69) is 15.5 Å². The first kappa shape index (κ1) is 15.0. The molecule has 112 valence electrons. The van der Waals surface area contributed by atoms with Gasteiger partial charge in [0.2, 0.25) is 15.9 Å². The zero-order valence-corrected chi connectivity index (χ0v) is 12.5. The molecule has 2 heterocycles. The van der Waals surface area contributed by atoms with Gasteiger partial charge in [-0.15, -0.1) is 0 Å². The Morgan fingerprint density at radius 2 is 2.15 bits per heavy atom. The first-order valence-corrected chi connectivity index (χ1v) is 8.55. The van der Waals surface area contributed by atoms with Crippen molar-refractivity contribution in [2.75, 3.05) is 24.7 Å². The van der Waals surface area contributed by atoms with E-state index >= 15 is 0 Å². The summed E-state index contributed by atoms with van der Waals surface area (Å²) in [5.74, 6) is 0.418. The largest absolute Gasteiger partial charge is 0.311 e. The number of hydrogen-bond acceptors (Lipinski definition) is 4. The molecule has 20 heavy (non-hydrogen) atoms. The molecule has 1 aliphatic rings. The molecule has 1 amide bonds. The number of carbonyl (C=O) groups excluding carboxylic acids is 1. The van der Waals surface area contributed by atoms with Crippen molar-refractivity contribution in [3.8, 4) is 0 Å². The van der Waals surface area contributed by atoms with Gasteiger partial charge in [-0.2, -0.15) is 5.10 Å². The molecular weight excluding hydrogens is 280 g/mol. The maximum atomic E-state index is 12.2. The fourth-order valence-electron chi connectivity index (χ4n) is 2.36. The highest BCUT2D eigenvalue weighted by Gasteiger charge is 2.29. The summed E-state index contributed by atoms with van der Waals surface area (Å²) < 4.78 is 24.3. The maximum Gasteiger partial charge on any atom is 0.228 e. The summed E-state index contributed by atoms with van der Waals surface area (Å²) in [6, 6.07) is 0. The second-order valence-electron chi connectivity index (χ2n) is 5.05. The van der Waals surface area contributed by atoms with Crippen LogP contribution in [0.2, 0.25) is 0 Å². The molecule has 2 N–H and O–H groups in total. The first-order chi connectivity index (χ1) is 9.41. The number of aryl methyl sites for hydroxylation is 1. The molecule has 0 saturated carbocycles. The van der Waals surface area contributed by atoms with Crippen LogP contribution in [0, 0.1) is 5.92 Å². The number of nitrogens with one attached hydrogen (secondary N) is 2. The number of aromatic amines is 1. The third-order valence-corrected chi connectivity index (χ3v) is 4.94. The lowest BCUT2D eigenvalue weighted by Gasteiger charge is -2.29. The number of rotatable bonds is 4. The van der Waals surface area contributed by atoms with Crippen molar-refractivity contribution in [1.29, 1.82) is 0 Å². The van der Waals surface area contributed by atoms with Gasteiger partial charge in [-0.05, 0) is 19.3 Å². The molecule has 1 saturated heterocycles. The normalized spacial score (nSPS) is 18.1. The topological polar surface area (TPSA) is 95.2 Å². The highest BCUT2D eigenvalue weighted by atomic mass is 32.2. The third kappa shape index (κ3) is 3.37. The third-order valence-electron chi connectivity index (χ3n) is 3.64. The summed E-state index contributed by atoms with van der Waals surface area (Å²) in [5, 5.41) is 9.52. The van der Waals surface area contributed by atoms with Gasteiger partial charge in [-0.3, -0.25) is 9.89 Å². The van der Waals surface area contributed by atoms with Gasteiger partial charge in [0.1, 0.15) is 5.82 Å². The Morgan fingerprint density at radius 1 is 1.50 bits per heavy atom. The van der Waals surface area contributed by atoms with Crippen molar-refractivity contribution < 1.29 is 13.2 Å². The maximum absolute atomic E-state index is 12.2. The molecule has 0 bridgehead atoms. The summed E-state index contributed by atoms with van der Waals surface area (Å²) >= 11 is 0. The fourth-order valence-corrected chi connectivity index (χ4v) is 3.24. The van der Waals surface area contributed by atoms with Crippen molar-refractivity contribution in [3.63, 3.8) is 0 Å². The lowest BCUT2D eigenvalue weighted by atomic mass is 9.97. The predicted molar refractivity (Wildman–Crippen MR) is 75.7 cm³/mol. The van der Waals surface area contributed by atoms with Crippen LogP contribution < -0.4 is 5.32 Å². The number of carbonyl (C=O) groups is 1. The number of nitrogens with zero attached hydrogens (tertiary/aromatic N) is 2. The Morgan fingerprint density at radius 3 is 2.70 bits per heavy atom. The Kier molecular flexibility index (Phi) is 4.44. The first-order valence-electron chi connectivity index (χ1n) is 6.70. The highest BCUT2D eigenvalue weighted by molar-refractivity contribution is 7.88. The van der Waals surface area contributed by atoms with Gasteiger partial charge in [-0.25, -0.2) is 12.7 Å². The van der Waals surface area contributed by atoms with Crippen LogP contribution in [0.5, 0.6) is 0 Å². The number of hydrogen-bond donors (Lipinski definition) is 2. The van der Waals surface area contributed by atoms with E-state index in [1.54, 1.807) is 6.20 Å². The van der Waals surface area contributed by atoms with Crippen molar-refractivity contribution in [3.05, 3.63) is 11.8 Å². The van der Waals surface area contributed by atoms with Gasteiger partial charge in [-0.1, -0.05) is 6.92 Å². The molecule has 0 aliphatic carbocycles. The van der Waals surface area contributed by atoms with Crippen molar-refractivity contribution in [2.45, 2.75) is 26.2 Å². The van der Waals surface area contributed by atoms with Gasteiger partial charge in [0.05, 0.1) is 12.5 Å². The number of anilines is 1. The Balaban J connectivity index is 1.92. The van der Waals surface area contributed by atoms with Crippen LogP contribution in [0.25, 0.3) is 0 Å². The number of sulfonamides is 1. The highest BCUT2D eigenvalue weighted by Crippen LogP contribution is 2.21. The average Bonchev–Trinajstić information content (AvgIpc) is 2.85. The Hall–Kier alpha value is -1.41. The molecule has 0 radical (unpaired) electrons. The molecule has 1 aromatic rings. The van der Waals surface area contributed by atoms with E-state index in [1.165, 1.54) is 10.6 Å². The van der Waals surface area contributed by atoms with Gasteiger partial charge < -0.3 is 5.32 Å². The van der Waals surface area contributed by atoms with Crippen molar-refractivity contribution in [2.24, 2.45) is 5.92 Å². The number of aromatic nitrogens is 2. The molecule has 0 atom stereocenters. The second kappa shape index (κ2) is 5.92. The molecule has 8 heteroatoms. The molecule has 0 aromatic carbocycles. The molecule has 0 unspecified atom stereocenters. The van der Waals surface area contributed by atoms with E-state index in [0.717, 1.165) is 12.0 Å². The van der Waals surface area contributed by atoms with Crippen molar-refractivity contribution >= 4 is 21.7 Å². The minimum atomic E-state index is -3.15. The summed E-state index contributed by atoms with van der Waals surface area (Å²) in [6.45, 7) is 2.80. The smallest absolute Gasteiger partial charge is 0.228 e. The Bertz CT molecular complexity index is 573. The number of H-pyrrole nitrogens is 1. The van der Waals surface area contributed by atoms with Crippen LogP contribution in [-0.4, -0.2) is 48.2 Å². The van der Waals surface area contributed by atoms with E-state index in [9.17, 15) is 13.2 Å². The van der Waals surface area contributed by atoms with E-state index in [1.807, 2.05) is 6.92 Å². The van der Waals surface area contributed by atoms with Crippen LogP contribution in [0.4, 0.5) is 5.82 Å². The average molecular weight is 300 g/mol.